The van der Waals surface area contributed by atoms with Gasteiger partial charge in [0.15, 0.2) is 0 Å². The van der Waals surface area contributed by atoms with E-state index in [0.717, 1.165) is 19.0 Å². The third-order valence-corrected chi connectivity index (χ3v) is 4.20. The van der Waals surface area contributed by atoms with E-state index >= 15 is 0 Å². The van der Waals surface area contributed by atoms with E-state index < -0.39 is 0 Å². The lowest BCUT2D eigenvalue weighted by atomic mass is 9.87. The zero-order valence-electron chi connectivity index (χ0n) is 9.10. The van der Waals surface area contributed by atoms with E-state index in [4.69, 9.17) is 0 Å². The summed E-state index contributed by atoms with van der Waals surface area (Å²) in [4.78, 5) is 1.65. The molecular weight excluding hydrogens is 190 g/mol. The monoisotopic (exact) mass is 209 g/mol. The van der Waals surface area contributed by atoms with E-state index in [9.17, 15) is 0 Å². The second-order valence-electron chi connectivity index (χ2n) is 4.17. The molecule has 0 radical (unpaired) electrons. The largest absolute Gasteiger partial charge is 0.313 e. The van der Waals surface area contributed by atoms with Gasteiger partial charge < -0.3 is 5.32 Å². The number of aryl methyl sites for hydroxylation is 1. The highest BCUT2D eigenvalue weighted by atomic mass is 32.1. The van der Waals surface area contributed by atoms with Crippen LogP contribution in [0.3, 0.4) is 0 Å². The summed E-state index contributed by atoms with van der Waals surface area (Å²) in [5, 5.41) is 5.78. The molecule has 14 heavy (non-hydrogen) atoms. The van der Waals surface area contributed by atoms with Gasteiger partial charge in [-0.05, 0) is 48.2 Å². The van der Waals surface area contributed by atoms with Crippen molar-refractivity contribution in [2.75, 3.05) is 6.54 Å². The minimum atomic E-state index is 0.790. The fraction of sp³-hybridized carbons (Fsp3) is 0.667. The van der Waals surface area contributed by atoms with Gasteiger partial charge in [0.1, 0.15) is 0 Å². The van der Waals surface area contributed by atoms with Crippen molar-refractivity contribution in [1.82, 2.24) is 5.32 Å². The molecule has 78 valence electrons. The number of nitrogens with one attached hydrogen (secondary N) is 1. The quantitative estimate of drug-likeness (QED) is 0.805. The van der Waals surface area contributed by atoms with Crippen LogP contribution in [0.2, 0.25) is 0 Å². The van der Waals surface area contributed by atoms with Gasteiger partial charge in [-0.25, -0.2) is 0 Å². The fourth-order valence-electron chi connectivity index (χ4n) is 2.34. The average Bonchev–Trinajstić information content (AvgIpc) is 2.59. The van der Waals surface area contributed by atoms with Gasteiger partial charge >= 0.3 is 0 Å². The average molecular weight is 209 g/mol. The first-order chi connectivity index (χ1) is 6.83. The molecular formula is C12H19NS. The molecule has 1 nitrogen and oxygen atoms in total. The Balaban J connectivity index is 2.20. The summed E-state index contributed by atoms with van der Waals surface area (Å²) in [5.74, 6) is 0.790. The second-order valence-corrected chi connectivity index (χ2v) is 5.14. The summed E-state index contributed by atoms with van der Waals surface area (Å²) in [6.07, 6.45) is 4.08. The zero-order chi connectivity index (χ0) is 9.97. The summed E-state index contributed by atoms with van der Waals surface area (Å²) < 4.78 is 0. The van der Waals surface area contributed by atoms with Crippen LogP contribution in [-0.4, -0.2) is 6.54 Å². The molecule has 0 amide bonds. The summed E-state index contributed by atoms with van der Waals surface area (Å²) in [5.41, 5.74) is 3.22. The highest BCUT2D eigenvalue weighted by Crippen LogP contribution is 2.37. The molecule has 1 atom stereocenters. The molecule has 0 saturated heterocycles. The van der Waals surface area contributed by atoms with E-state index in [1.165, 1.54) is 19.3 Å². The van der Waals surface area contributed by atoms with Crippen molar-refractivity contribution in [2.45, 2.75) is 45.6 Å². The predicted molar refractivity (Wildman–Crippen MR) is 63.1 cm³/mol. The molecule has 0 saturated carbocycles. The second kappa shape index (κ2) is 4.45. The van der Waals surface area contributed by atoms with Gasteiger partial charge in [-0.15, -0.1) is 11.3 Å². The molecule has 0 bridgehead atoms. The number of hydrogen-bond acceptors (Lipinski definition) is 2. The van der Waals surface area contributed by atoms with Crippen molar-refractivity contribution in [2.24, 2.45) is 0 Å². The molecule has 1 aliphatic rings. The van der Waals surface area contributed by atoms with Gasteiger partial charge in [0.05, 0.1) is 0 Å². The number of fused-ring (bicyclic) bond motifs is 1. The topological polar surface area (TPSA) is 12.0 Å². The van der Waals surface area contributed by atoms with Crippen LogP contribution in [0.25, 0.3) is 0 Å². The Morgan fingerprint density at radius 2 is 2.43 bits per heavy atom. The van der Waals surface area contributed by atoms with Crippen molar-refractivity contribution in [3.63, 3.8) is 0 Å². The maximum absolute atomic E-state index is 3.43. The van der Waals surface area contributed by atoms with E-state index in [2.05, 4.69) is 24.5 Å². The van der Waals surface area contributed by atoms with Crippen LogP contribution in [0, 0.1) is 0 Å². The Morgan fingerprint density at radius 3 is 3.21 bits per heavy atom. The standard InChI is InChI=1S/C12H19NS/c1-3-13-7-10-8-14-11-6-4-5-9(2)12(10)11/h8-9,13H,3-7H2,1-2H3. The fourth-order valence-corrected chi connectivity index (χ4v) is 3.56. The van der Waals surface area contributed by atoms with Crippen LogP contribution in [0.5, 0.6) is 0 Å². The molecule has 1 aliphatic carbocycles. The normalized spacial score (nSPS) is 20.9. The summed E-state index contributed by atoms with van der Waals surface area (Å²) >= 11 is 1.97. The van der Waals surface area contributed by atoms with Crippen LogP contribution in [0.15, 0.2) is 5.38 Å². The molecule has 1 heterocycles. The molecule has 0 spiro atoms. The maximum Gasteiger partial charge on any atom is 0.0216 e. The minimum Gasteiger partial charge on any atom is -0.313 e. The Kier molecular flexibility index (Phi) is 3.24. The predicted octanol–water partition coefficient (Wildman–Crippen LogP) is 3.30. The Hall–Kier alpha value is -0.340. The molecule has 1 aromatic heterocycles. The molecule has 1 aromatic rings. The van der Waals surface area contributed by atoms with Crippen molar-refractivity contribution in [3.05, 3.63) is 21.4 Å². The zero-order valence-corrected chi connectivity index (χ0v) is 9.91. The lowest BCUT2D eigenvalue weighted by Gasteiger charge is -2.20. The Labute approximate surface area is 90.5 Å². The molecule has 2 rings (SSSR count). The third kappa shape index (κ3) is 1.86. The van der Waals surface area contributed by atoms with Crippen molar-refractivity contribution < 1.29 is 0 Å². The van der Waals surface area contributed by atoms with E-state index in [1.807, 2.05) is 11.3 Å². The van der Waals surface area contributed by atoms with Crippen LogP contribution < -0.4 is 5.32 Å². The summed E-state index contributed by atoms with van der Waals surface area (Å²) in [6, 6.07) is 0. The third-order valence-electron chi connectivity index (χ3n) is 3.09. The van der Waals surface area contributed by atoms with Crippen molar-refractivity contribution in [3.8, 4) is 0 Å². The molecule has 0 fully saturated rings. The molecule has 0 aromatic carbocycles. The van der Waals surface area contributed by atoms with Crippen LogP contribution >= 0.6 is 11.3 Å². The van der Waals surface area contributed by atoms with E-state index in [1.54, 1.807) is 16.0 Å². The number of rotatable bonds is 3. The van der Waals surface area contributed by atoms with Gasteiger partial charge in [-0.1, -0.05) is 13.8 Å². The van der Waals surface area contributed by atoms with Crippen molar-refractivity contribution >= 4 is 11.3 Å². The first-order valence-electron chi connectivity index (χ1n) is 5.62. The highest BCUT2D eigenvalue weighted by Gasteiger charge is 2.20. The van der Waals surface area contributed by atoms with Crippen LogP contribution in [0.4, 0.5) is 0 Å². The number of thiophene rings is 1. The summed E-state index contributed by atoms with van der Waals surface area (Å²) in [6.45, 7) is 6.67. The van der Waals surface area contributed by atoms with Crippen LogP contribution in [0.1, 0.15) is 48.6 Å². The van der Waals surface area contributed by atoms with Gasteiger partial charge in [0.2, 0.25) is 0 Å². The van der Waals surface area contributed by atoms with E-state index in [-0.39, 0.29) is 0 Å². The van der Waals surface area contributed by atoms with E-state index in [0.29, 0.717) is 0 Å². The highest BCUT2D eigenvalue weighted by molar-refractivity contribution is 7.10. The first-order valence-corrected chi connectivity index (χ1v) is 6.50. The van der Waals surface area contributed by atoms with Gasteiger partial charge in [-0.3, -0.25) is 0 Å². The molecule has 1 N–H and O–H groups in total. The smallest absolute Gasteiger partial charge is 0.0216 e. The summed E-state index contributed by atoms with van der Waals surface area (Å²) in [7, 11) is 0. The number of hydrogen-bond donors (Lipinski definition) is 1. The van der Waals surface area contributed by atoms with Gasteiger partial charge in [0.25, 0.3) is 0 Å². The lowest BCUT2D eigenvalue weighted by Crippen LogP contribution is -2.14. The Bertz CT molecular complexity index is 303. The first kappa shape index (κ1) is 10.2. The van der Waals surface area contributed by atoms with Gasteiger partial charge in [0, 0.05) is 11.4 Å². The maximum atomic E-state index is 3.43. The van der Waals surface area contributed by atoms with Gasteiger partial charge in [-0.2, -0.15) is 0 Å². The van der Waals surface area contributed by atoms with Crippen molar-refractivity contribution in [1.29, 1.82) is 0 Å². The molecule has 2 heteroatoms. The lowest BCUT2D eigenvalue weighted by molar-refractivity contribution is 0.587. The minimum absolute atomic E-state index is 0.790. The molecule has 1 unspecified atom stereocenters. The Morgan fingerprint density at radius 1 is 1.57 bits per heavy atom. The van der Waals surface area contributed by atoms with Crippen LogP contribution in [-0.2, 0) is 13.0 Å². The molecule has 0 aliphatic heterocycles. The SMILES string of the molecule is CCNCc1csc2c1C(C)CCC2.